The maximum atomic E-state index is 11.9. The van der Waals surface area contributed by atoms with Crippen LogP contribution in [0.5, 0.6) is 0 Å². The van der Waals surface area contributed by atoms with E-state index in [-0.39, 0.29) is 5.78 Å². The van der Waals surface area contributed by atoms with Gasteiger partial charge in [0.05, 0.1) is 12.4 Å². The highest BCUT2D eigenvalue weighted by Crippen LogP contribution is 2.04. The number of aromatic nitrogens is 2. The summed E-state index contributed by atoms with van der Waals surface area (Å²) in [5, 5.41) is 0. The zero-order chi connectivity index (χ0) is 12.1. The van der Waals surface area contributed by atoms with E-state index in [9.17, 15) is 4.79 Å². The Hall–Kier alpha value is -1.94. The molecule has 17 heavy (non-hydrogen) atoms. The average molecular weight is 229 g/mol. The van der Waals surface area contributed by atoms with Gasteiger partial charge in [0.1, 0.15) is 0 Å². The van der Waals surface area contributed by atoms with Crippen LogP contribution < -0.4 is 5.73 Å². The Kier molecular flexibility index (Phi) is 3.67. The molecule has 0 fully saturated rings. The topological polar surface area (TPSA) is 71.8 Å². The lowest BCUT2D eigenvalue weighted by Gasteiger charge is -2.09. The number of H-pyrrole nitrogens is 1. The van der Waals surface area contributed by atoms with Crippen molar-refractivity contribution in [2.24, 2.45) is 5.73 Å². The number of aromatic amines is 1. The smallest absolute Gasteiger partial charge is 0.154 e. The Morgan fingerprint density at radius 1 is 1.35 bits per heavy atom. The van der Waals surface area contributed by atoms with Gasteiger partial charge in [-0.1, -0.05) is 30.3 Å². The molecule has 1 aromatic heterocycles. The summed E-state index contributed by atoms with van der Waals surface area (Å²) in [6.45, 7) is 0. The number of carbonyl (C=O) groups is 1. The zero-order valence-electron chi connectivity index (χ0n) is 9.47. The SMILES string of the molecule is N[C@@H](Cc1cnc[nH]1)C(=O)Cc1ccccc1. The van der Waals surface area contributed by atoms with Gasteiger partial charge in [-0.05, 0) is 5.56 Å². The van der Waals surface area contributed by atoms with Crippen LogP contribution in [0.4, 0.5) is 0 Å². The number of Topliss-reactive ketones (excluding diaryl/α,β-unsaturated/α-hetero) is 1. The van der Waals surface area contributed by atoms with Gasteiger partial charge in [-0.3, -0.25) is 4.79 Å². The van der Waals surface area contributed by atoms with Crippen molar-refractivity contribution in [3.8, 4) is 0 Å². The van der Waals surface area contributed by atoms with Crippen molar-refractivity contribution in [3.63, 3.8) is 0 Å². The summed E-state index contributed by atoms with van der Waals surface area (Å²) in [7, 11) is 0. The van der Waals surface area contributed by atoms with Crippen LogP contribution in [0.1, 0.15) is 11.3 Å². The molecule has 4 heteroatoms. The third-order valence-corrected chi connectivity index (χ3v) is 2.63. The van der Waals surface area contributed by atoms with Crippen molar-refractivity contribution >= 4 is 5.78 Å². The molecule has 0 aliphatic heterocycles. The van der Waals surface area contributed by atoms with Crippen molar-refractivity contribution in [1.82, 2.24) is 9.97 Å². The molecule has 1 atom stereocenters. The first kappa shape index (κ1) is 11.5. The van der Waals surface area contributed by atoms with E-state index >= 15 is 0 Å². The van der Waals surface area contributed by atoms with E-state index in [2.05, 4.69) is 9.97 Å². The number of ketones is 1. The van der Waals surface area contributed by atoms with Gasteiger partial charge in [0, 0.05) is 24.7 Å². The number of nitrogens with zero attached hydrogens (tertiary/aromatic N) is 1. The molecule has 0 radical (unpaired) electrons. The summed E-state index contributed by atoms with van der Waals surface area (Å²) in [4.78, 5) is 18.7. The van der Waals surface area contributed by atoms with Gasteiger partial charge in [-0.15, -0.1) is 0 Å². The molecule has 0 unspecified atom stereocenters. The first-order chi connectivity index (χ1) is 8.25. The number of nitrogens with one attached hydrogen (secondary N) is 1. The van der Waals surface area contributed by atoms with E-state index in [0.717, 1.165) is 11.3 Å². The van der Waals surface area contributed by atoms with Crippen molar-refractivity contribution in [3.05, 3.63) is 54.1 Å². The zero-order valence-corrected chi connectivity index (χ0v) is 9.47. The fourth-order valence-corrected chi connectivity index (χ4v) is 1.68. The molecule has 2 aromatic rings. The van der Waals surface area contributed by atoms with Gasteiger partial charge < -0.3 is 10.7 Å². The summed E-state index contributed by atoms with van der Waals surface area (Å²) in [6.07, 6.45) is 4.17. The number of rotatable bonds is 5. The standard InChI is InChI=1S/C13H15N3O/c14-12(7-11-8-15-9-16-11)13(17)6-10-4-2-1-3-5-10/h1-5,8-9,12H,6-7,14H2,(H,15,16)/t12-/m0/s1. The first-order valence-corrected chi connectivity index (χ1v) is 5.55. The Labute approximate surface area is 99.9 Å². The summed E-state index contributed by atoms with van der Waals surface area (Å²) < 4.78 is 0. The molecule has 0 amide bonds. The number of benzene rings is 1. The fraction of sp³-hybridized carbons (Fsp3) is 0.231. The molecule has 3 N–H and O–H groups in total. The number of hydrogen-bond donors (Lipinski definition) is 2. The van der Waals surface area contributed by atoms with E-state index in [4.69, 9.17) is 5.73 Å². The van der Waals surface area contributed by atoms with Crippen LogP contribution in [0, 0.1) is 0 Å². The van der Waals surface area contributed by atoms with Crippen molar-refractivity contribution in [2.45, 2.75) is 18.9 Å². The molecule has 0 aliphatic carbocycles. The number of nitrogens with two attached hydrogens (primary N) is 1. The van der Waals surface area contributed by atoms with Crippen molar-refractivity contribution in [2.75, 3.05) is 0 Å². The third-order valence-electron chi connectivity index (χ3n) is 2.63. The quantitative estimate of drug-likeness (QED) is 0.806. The lowest BCUT2D eigenvalue weighted by molar-refractivity contribution is -0.119. The third kappa shape index (κ3) is 3.26. The van der Waals surface area contributed by atoms with E-state index < -0.39 is 6.04 Å². The number of hydrogen-bond acceptors (Lipinski definition) is 3. The van der Waals surface area contributed by atoms with Crippen LogP contribution >= 0.6 is 0 Å². The average Bonchev–Trinajstić information content (AvgIpc) is 2.83. The lowest BCUT2D eigenvalue weighted by Crippen LogP contribution is -2.34. The van der Waals surface area contributed by atoms with Crippen LogP contribution in [-0.4, -0.2) is 21.8 Å². The Morgan fingerprint density at radius 3 is 2.76 bits per heavy atom. The molecule has 0 bridgehead atoms. The lowest BCUT2D eigenvalue weighted by atomic mass is 10.0. The molecule has 1 heterocycles. The van der Waals surface area contributed by atoms with E-state index in [1.807, 2.05) is 30.3 Å². The minimum Gasteiger partial charge on any atom is -0.348 e. The first-order valence-electron chi connectivity index (χ1n) is 5.55. The highest BCUT2D eigenvalue weighted by Gasteiger charge is 2.14. The second-order valence-electron chi connectivity index (χ2n) is 4.02. The van der Waals surface area contributed by atoms with Crippen LogP contribution in [-0.2, 0) is 17.6 Å². The van der Waals surface area contributed by atoms with E-state index in [1.165, 1.54) is 0 Å². The van der Waals surface area contributed by atoms with Crippen molar-refractivity contribution < 1.29 is 4.79 Å². The maximum Gasteiger partial charge on any atom is 0.154 e. The minimum atomic E-state index is -0.476. The summed E-state index contributed by atoms with van der Waals surface area (Å²) in [5.74, 6) is 0.0470. The predicted octanol–water partition coefficient (Wildman–Crippen LogP) is 1.09. The molecule has 1 aromatic carbocycles. The normalized spacial score (nSPS) is 12.3. The molecule has 0 saturated heterocycles. The Morgan fingerprint density at radius 2 is 2.12 bits per heavy atom. The van der Waals surface area contributed by atoms with Gasteiger partial charge in [-0.25, -0.2) is 4.98 Å². The summed E-state index contributed by atoms with van der Waals surface area (Å²) >= 11 is 0. The van der Waals surface area contributed by atoms with E-state index in [0.29, 0.717) is 12.8 Å². The second kappa shape index (κ2) is 5.41. The Bertz CT molecular complexity index is 465. The monoisotopic (exact) mass is 229 g/mol. The number of carbonyl (C=O) groups excluding carboxylic acids is 1. The highest BCUT2D eigenvalue weighted by atomic mass is 16.1. The number of imidazole rings is 1. The van der Waals surface area contributed by atoms with Gasteiger partial charge in [0.15, 0.2) is 5.78 Å². The second-order valence-corrected chi connectivity index (χ2v) is 4.02. The molecular weight excluding hydrogens is 214 g/mol. The molecular formula is C13H15N3O. The van der Waals surface area contributed by atoms with Gasteiger partial charge >= 0.3 is 0 Å². The fourth-order valence-electron chi connectivity index (χ4n) is 1.68. The molecule has 0 aliphatic rings. The van der Waals surface area contributed by atoms with Crippen molar-refractivity contribution in [1.29, 1.82) is 0 Å². The van der Waals surface area contributed by atoms with Crippen LogP contribution in [0.3, 0.4) is 0 Å². The highest BCUT2D eigenvalue weighted by molar-refractivity contribution is 5.86. The molecule has 0 saturated carbocycles. The van der Waals surface area contributed by atoms with Gasteiger partial charge in [0.25, 0.3) is 0 Å². The molecule has 88 valence electrons. The minimum absolute atomic E-state index is 0.0470. The largest absolute Gasteiger partial charge is 0.348 e. The summed E-state index contributed by atoms with van der Waals surface area (Å²) in [5.41, 5.74) is 7.74. The maximum absolute atomic E-state index is 11.9. The predicted molar refractivity (Wildman–Crippen MR) is 65.4 cm³/mol. The van der Waals surface area contributed by atoms with Crippen LogP contribution in [0.25, 0.3) is 0 Å². The van der Waals surface area contributed by atoms with Crippen LogP contribution in [0.15, 0.2) is 42.9 Å². The molecule has 4 nitrogen and oxygen atoms in total. The van der Waals surface area contributed by atoms with E-state index in [1.54, 1.807) is 12.5 Å². The summed E-state index contributed by atoms with van der Waals surface area (Å²) in [6, 6.07) is 9.15. The van der Waals surface area contributed by atoms with Crippen LogP contribution in [0.2, 0.25) is 0 Å². The van der Waals surface area contributed by atoms with Gasteiger partial charge in [0.2, 0.25) is 0 Å². The van der Waals surface area contributed by atoms with Gasteiger partial charge in [-0.2, -0.15) is 0 Å². The molecule has 0 spiro atoms. The molecule has 2 rings (SSSR count). The Balaban J connectivity index is 1.92.